The lowest BCUT2D eigenvalue weighted by atomic mass is 10.1. The molecule has 0 heterocycles. The SMILES string of the molecule is Cc1cc(C)cc(S(=O)(=O)Nc2ccc(C(=O)CS)cc2)c1. The molecule has 2 rings (SSSR count). The number of nitrogens with one attached hydrogen (secondary N) is 1. The van der Waals surface area contributed by atoms with Crippen molar-refractivity contribution >= 4 is 34.1 Å². The Hall–Kier alpha value is -1.79. The number of rotatable bonds is 5. The Morgan fingerprint density at radius 2 is 1.59 bits per heavy atom. The maximum atomic E-state index is 12.4. The Balaban J connectivity index is 2.27. The summed E-state index contributed by atoms with van der Waals surface area (Å²) < 4.78 is 27.3. The van der Waals surface area contributed by atoms with Crippen LogP contribution in [0.15, 0.2) is 47.4 Å². The van der Waals surface area contributed by atoms with Crippen LogP contribution in [-0.4, -0.2) is 20.0 Å². The van der Waals surface area contributed by atoms with Crippen molar-refractivity contribution in [3.63, 3.8) is 0 Å². The van der Waals surface area contributed by atoms with Gasteiger partial charge >= 0.3 is 0 Å². The van der Waals surface area contributed by atoms with Crippen molar-refractivity contribution in [2.45, 2.75) is 18.7 Å². The predicted molar refractivity (Wildman–Crippen MR) is 91.4 cm³/mol. The molecule has 0 aliphatic heterocycles. The summed E-state index contributed by atoms with van der Waals surface area (Å²) in [5.74, 6) is 0.0141. The maximum Gasteiger partial charge on any atom is 0.261 e. The summed E-state index contributed by atoms with van der Waals surface area (Å²) in [4.78, 5) is 11.7. The summed E-state index contributed by atoms with van der Waals surface area (Å²) >= 11 is 3.93. The van der Waals surface area contributed by atoms with Crippen LogP contribution in [0.3, 0.4) is 0 Å². The first-order valence-electron chi connectivity index (χ1n) is 6.67. The molecule has 0 radical (unpaired) electrons. The van der Waals surface area contributed by atoms with E-state index in [0.717, 1.165) is 11.1 Å². The van der Waals surface area contributed by atoms with Crippen molar-refractivity contribution in [2.24, 2.45) is 0 Å². The number of anilines is 1. The van der Waals surface area contributed by atoms with Gasteiger partial charge in [-0.05, 0) is 61.4 Å². The summed E-state index contributed by atoms with van der Waals surface area (Å²) in [6, 6.07) is 11.4. The van der Waals surface area contributed by atoms with Gasteiger partial charge in [0.2, 0.25) is 0 Å². The third kappa shape index (κ3) is 3.90. The summed E-state index contributed by atoms with van der Waals surface area (Å²) in [5, 5.41) is 0. The molecule has 0 unspecified atom stereocenters. The number of sulfonamides is 1. The number of carbonyl (C=O) groups is 1. The van der Waals surface area contributed by atoms with Crippen LogP contribution >= 0.6 is 12.6 Å². The van der Waals surface area contributed by atoms with Crippen molar-refractivity contribution in [3.8, 4) is 0 Å². The second kappa shape index (κ2) is 6.54. The van der Waals surface area contributed by atoms with Crippen LogP contribution in [0.1, 0.15) is 21.5 Å². The van der Waals surface area contributed by atoms with E-state index >= 15 is 0 Å². The van der Waals surface area contributed by atoms with Gasteiger partial charge in [-0.15, -0.1) is 0 Å². The molecule has 0 saturated heterocycles. The minimum atomic E-state index is -3.65. The van der Waals surface area contributed by atoms with E-state index < -0.39 is 10.0 Å². The van der Waals surface area contributed by atoms with Crippen LogP contribution < -0.4 is 4.72 Å². The first-order chi connectivity index (χ1) is 10.3. The summed E-state index contributed by atoms with van der Waals surface area (Å²) in [6.45, 7) is 3.70. The van der Waals surface area contributed by atoms with Gasteiger partial charge in [0.25, 0.3) is 10.0 Å². The van der Waals surface area contributed by atoms with Crippen molar-refractivity contribution in [2.75, 3.05) is 10.5 Å². The second-order valence-corrected chi connectivity index (χ2v) is 7.09. The number of hydrogen-bond donors (Lipinski definition) is 2. The number of benzene rings is 2. The molecule has 0 fully saturated rings. The van der Waals surface area contributed by atoms with E-state index in [2.05, 4.69) is 17.4 Å². The van der Waals surface area contributed by atoms with E-state index in [1.807, 2.05) is 19.9 Å². The third-order valence-corrected chi connectivity index (χ3v) is 4.76. The zero-order valence-electron chi connectivity index (χ0n) is 12.3. The van der Waals surface area contributed by atoms with E-state index in [0.29, 0.717) is 11.3 Å². The average Bonchev–Trinajstić information content (AvgIpc) is 2.46. The second-order valence-electron chi connectivity index (χ2n) is 5.09. The first-order valence-corrected chi connectivity index (χ1v) is 8.78. The van der Waals surface area contributed by atoms with Gasteiger partial charge in [-0.25, -0.2) is 8.42 Å². The highest BCUT2D eigenvalue weighted by Crippen LogP contribution is 2.19. The van der Waals surface area contributed by atoms with Crippen LogP contribution in [0.5, 0.6) is 0 Å². The molecule has 1 N–H and O–H groups in total. The Morgan fingerprint density at radius 1 is 1.05 bits per heavy atom. The van der Waals surface area contributed by atoms with Crippen LogP contribution in [0.4, 0.5) is 5.69 Å². The molecular formula is C16H17NO3S2. The van der Waals surface area contributed by atoms with Gasteiger partial charge in [0, 0.05) is 11.3 Å². The normalized spacial score (nSPS) is 11.2. The molecule has 0 aliphatic carbocycles. The van der Waals surface area contributed by atoms with Gasteiger partial charge in [-0.3, -0.25) is 9.52 Å². The van der Waals surface area contributed by atoms with Gasteiger partial charge in [-0.2, -0.15) is 12.6 Å². The molecule has 0 atom stereocenters. The van der Waals surface area contributed by atoms with E-state index in [1.165, 1.54) is 0 Å². The minimum Gasteiger partial charge on any atom is -0.293 e. The van der Waals surface area contributed by atoms with Gasteiger partial charge < -0.3 is 0 Å². The number of Topliss-reactive ketones (excluding diaryl/α,β-unsaturated/α-hetero) is 1. The van der Waals surface area contributed by atoms with E-state index in [1.54, 1.807) is 36.4 Å². The van der Waals surface area contributed by atoms with Crippen molar-refractivity contribution < 1.29 is 13.2 Å². The quantitative estimate of drug-likeness (QED) is 0.651. The zero-order valence-corrected chi connectivity index (χ0v) is 14.0. The smallest absolute Gasteiger partial charge is 0.261 e. The number of ketones is 1. The molecule has 22 heavy (non-hydrogen) atoms. The Labute approximate surface area is 136 Å². The van der Waals surface area contributed by atoms with Crippen LogP contribution in [0.25, 0.3) is 0 Å². The predicted octanol–water partition coefficient (Wildman–Crippen LogP) is 3.22. The summed E-state index contributed by atoms with van der Waals surface area (Å²) in [7, 11) is -3.65. The molecule has 0 aliphatic rings. The van der Waals surface area contributed by atoms with Crippen LogP contribution in [0.2, 0.25) is 0 Å². The Bertz CT molecular complexity index is 776. The lowest BCUT2D eigenvalue weighted by Gasteiger charge is -2.10. The fraction of sp³-hybridized carbons (Fsp3) is 0.188. The van der Waals surface area contributed by atoms with Crippen LogP contribution in [-0.2, 0) is 10.0 Å². The standard InChI is InChI=1S/C16H17NO3S2/c1-11-7-12(2)9-15(8-11)22(19,20)17-14-5-3-13(4-6-14)16(18)10-21/h3-9,17,21H,10H2,1-2H3. The van der Waals surface area contributed by atoms with Crippen molar-refractivity contribution in [1.82, 2.24) is 0 Å². The molecule has 0 aromatic heterocycles. The largest absolute Gasteiger partial charge is 0.293 e. The summed E-state index contributed by atoms with van der Waals surface area (Å²) in [5.41, 5.74) is 2.68. The molecule has 2 aromatic rings. The van der Waals surface area contributed by atoms with Gasteiger partial charge in [-0.1, -0.05) is 6.07 Å². The lowest BCUT2D eigenvalue weighted by molar-refractivity contribution is 0.102. The molecule has 2 aromatic carbocycles. The van der Waals surface area contributed by atoms with Gasteiger partial charge in [0.15, 0.2) is 5.78 Å². The monoisotopic (exact) mass is 335 g/mol. The minimum absolute atomic E-state index is 0.105. The fourth-order valence-electron chi connectivity index (χ4n) is 2.12. The van der Waals surface area contributed by atoms with Crippen molar-refractivity contribution in [3.05, 3.63) is 59.2 Å². The summed E-state index contributed by atoms with van der Waals surface area (Å²) in [6.07, 6.45) is 0. The fourth-order valence-corrected chi connectivity index (χ4v) is 3.55. The van der Waals surface area contributed by atoms with Crippen LogP contribution in [0, 0.1) is 13.8 Å². The van der Waals surface area contributed by atoms with E-state index in [4.69, 9.17) is 0 Å². The molecule has 4 nitrogen and oxygen atoms in total. The molecule has 0 bridgehead atoms. The van der Waals surface area contributed by atoms with Gasteiger partial charge in [0.1, 0.15) is 0 Å². The van der Waals surface area contributed by atoms with E-state index in [9.17, 15) is 13.2 Å². The molecule has 0 saturated carbocycles. The lowest BCUT2D eigenvalue weighted by Crippen LogP contribution is -2.13. The number of thiol groups is 1. The average molecular weight is 335 g/mol. The molecule has 0 spiro atoms. The number of aryl methyl sites for hydroxylation is 2. The Kier molecular flexibility index (Phi) is 4.93. The highest BCUT2D eigenvalue weighted by molar-refractivity contribution is 7.92. The Morgan fingerprint density at radius 3 is 2.09 bits per heavy atom. The van der Waals surface area contributed by atoms with E-state index in [-0.39, 0.29) is 16.4 Å². The van der Waals surface area contributed by atoms with Crippen molar-refractivity contribution in [1.29, 1.82) is 0 Å². The molecule has 116 valence electrons. The zero-order chi connectivity index (χ0) is 16.3. The molecule has 6 heteroatoms. The number of carbonyl (C=O) groups excluding carboxylic acids is 1. The highest BCUT2D eigenvalue weighted by atomic mass is 32.2. The highest BCUT2D eigenvalue weighted by Gasteiger charge is 2.15. The van der Waals surface area contributed by atoms with Gasteiger partial charge in [0.05, 0.1) is 10.6 Å². The maximum absolute atomic E-state index is 12.4. The third-order valence-electron chi connectivity index (χ3n) is 3.11. The molecular weight excluding hydrogens is 318 g/mol. The first kappa shape index (κ1) is 16.6. The number of hydrogen-bond acceptors (Lipinski definition) is 4. The molecule has 0 amide bonds. The topological polar surface area (TPSA) is 63.2 Å².